The number of piperazine rings is 1. The van der Waals surface area contributed by atoms with Crippen molar-refractivity contribution in [3.63, 3.8) is 0 Å². The molecule has 3 aromatic rings. The summed E-state index contributed by atoms with van der Waals surface area (Å²) >= 11 is 0. The second-order valence-electron chi connectivity index (χ2n) is 5.88. The molecular weight excluding hydrogens is 272 g/mol. The molecule has 22 heavy (non-hydrogen) atoms. The molecule has 0 bridgehead atoms. The van der Waals surface area contributed by atoms with E-state index in [-0.39, 0.29) is 0 Å². The number of H-pyrrole nitrogens is 1. The number of benzene rings is 2. The third-order valence-electron chi connectivity index (χ3n) is 4.42. The predicted octanol–water partition coefficient (Wildman–Crippen LogP) is 2.58. The first-order valence-corrected chi connectivity index (χ1v) is 7.84. The summed E-state index contributed by atoms with van der Waals surface area (Å²) in [6.07, 6.45) is 2.96. The third-order valence-corrected chi connectivity index (χ3v) is 4.42. The first-order valence-electron chi connectivity index (χ1n) is 7.84. The van der Waals surface area contributed by atoms with Crippen LogP contribution in [0, 0.1) is 0 Å². The zero-order valence-electron chi connectivity index (χ0n) is 12.5. The van der Waals surface area contributed by atoms with Crippen LogP contribution in [-0.2, 0) is 6.42 Å². The van der Waals surface area contributed by atoms with Crippen molar-refractivity contribution in [2.45, 2.75) is 12.5 Å². The van der Waals surface area contributed by atoms with Gasteiger partial charge in [-0.1, -0.05) is 30.3 Å². The Morgan fingerprint density at radius 2 is 2.05 bits per heavy atom. The lowest BCUT2D eigenvalue weighted by Gasteiger charge is -2.38. The smallest absolute Gasteiger partial charge is 0.0651 e. The number of anilines is 1. The van der Waals surface area contributed by atoms with E-state index in [1.165, 1.54) is 16.6 Å². The highest BCUT2D eigenvalue weighted by Crippen LogP contribution is 2.24. The molecule has 112 valence electrons. The molecule has 2 N–H and O–H groups in total. The van der Waals surface area contributed by atoms with Crippen molar-refractivity contribution in [1.82, 2.24) is 15.5 Å². The number of aromatic amines is 1. The van der Waals surface area contributed by atoms with Gasteiger partial charge in [-0.3, -0.25) is 5.10 Å². The minimum atomic E-state index is 0.487. The molecule has 0 saturated carbocycles. The number of hydrogen-bond donors (Lipinski definition) is 2. The Bertz CT molecular complexity index is 750. The number of fused-ring (bicyclic) bond motifs is 1. The van der Waals surface area contributed by atoms with Gasteiger partial charge in [0.15, 0.2) is 0 Å². The Balaban J connectivity index is 1.62. The maximum absolute atomic E-state index is 4.12. The van der Waals surface area contributed by atoms with Crippen LogP contribution in [0.2, 0.25) is 0 Å². The fourth-order valence-electron chi connectivity index (χ4n) is 3.28. The predicted molar refractivity (Wildman–Crippen MR) is 90.2 cm³/mol. The number of nitrogens with zero attached hydrogens (tertiary/aromatic N) is 2. The third kappa shape index (κ3) is 2.57. The van der Waals surface area contributed by atoms with Gasteiger partial charge in [0.2, 0.25) is 0 Å². The fourth-order valence-corrected chi connectivity index (χ4v) is 3.28. The summed E-state index contributed by atoms with van der Waals surface area (Å²) in [5.41, 5.74) is 3.78. The van der Waals surface area contributed by atoms with Crippen LogP contribution in [0.1, 0.15) is 5.56 Å². The second kappa shape index (κ2) is 5.81. The van der Waals surface area contributed by atoms with Gasteiger partial charge in [-0.05, 0) is 30.2 Å². The summed E-state index contributed by atoms with van der Waals surface area (Å²) < 4.78 is 0. The van der Waals surface area contributed by atoms with Crippen LogP contribution in [0.3, 0.4) is 0 Å². The number of aromatic nitrogens is 2. The molecule has 1 atom stereocenters. The van der Waals surface area contributed by atoms with Crippen LogP contribution in [0.15, 0.2) is 54.7 Å². The van der Waals surface area contributed by atoms with E-state index in [0.717, 1.165) is 31.6 Å². The van der Waals surface area contributed by atoms with Gasteiger partial charge in [0.25, 0.3) is 0 Å². The maximum Gasteiger partial charge on any atom is 0.0651 e. The van der Waals surface area contributed by atoms with Crippen molar-refractivity contribution < 1.29 is 0 Å². The van der Waals surface area contributed by atoms with E-state index in [1.54, 1.807) is 0 Å². The molecule has 4 nitrogen and oxygen atoms in total. The van der Waals surface area contributed by atoms with Gasteiger partial charge in [-0.2, -0.15) is 5.10 Å². The van der Waals surface area contributed by atoms with Crippen molar-refractivity contribution >= 4 is 16.6 Å². The molecule has 0 amide bonds. The SMILES string of the molecule is c1ccc(C[C@@H]2CNCCN2c2ccc3[nH]ncc3c2)cc1. The highest BCUT2D eigenvalue weighted by Gasteiger charge is 2.22. The van der Waals surface area contributed by atoms with E-state index in [2.05, 4.69) is 68.9 Å². The molecule has 2 aromatic carbocycles. The van der Waals surface area contributed by atoms with E-state index in [1.807, 2.05) is 6.20 Å². The van der Waals surface area contributed by atoms with Crippen molar-refractivity contribution in [3.05, 3.63) is 60.3 Å². The topological polar surface area (TPSA) is 44.0 Å². The average Bonchev–Trinajstić information content (AvgIpc) is 3.04. The molecular formula is C18H20N4. The molecule has 4 rings (SSSR count). The molecule has 1 aromatic heterocycles. The number of rotatable bonds is 3. The van der Waals surface area contributed by atoms with Crippen LogP contribution < -0.4 is 10.2 Å². The molecule has 0 aliphatic carbocycles. The van der Waals surface area contributed by atoms with E-state index in [0.29, 0.717) is 6.04 Å². The normalized spacial score (nSPS) is 18.7. The van der Waals surface area contributed by atoms with E-state index >= 15 is 0 Å². The molecule has 1 aliphatic rings. The van der Waals surface area contributed by atoms with E-state index < -0.39 is 0 Å². The van der Waals surface area contributed by atoms with Crippen LogP contribution >= 0.6 is 0 Å². The monoisotopic (exact) mass is 292 g/mol. The Kier molecular flexibility index (Phi) is 3.52. The van der Waals surface area contributed by atoms with Gasteiger partial charge in [0.1, 0.15) is 0 Å². The Labute approximate surface area is 130 Å². The van der Waals surface area contributed by atoms with E-state index in [9.17, 15) is 0 Å². The minimum absolute atomic E-state index is 0.487. The number of hydrogen-bond acceptors (Lipinski definition) is 3. The molecule has 0 unspecified atom stereocenters. The molecule has 2 heterocycles. The first kappa shape index (κ1) is 13.3. The minimum Gasteiger partial charge on any atom is -0.366 e. The summed E-state index contributed by atoms with van der Waals surface area (Å²) in [7, 11) is 0. The van der Waals surface area contributed by atoms with Crippen molar-refractivity contribution in [1.29, 1.82) is 0 Å². The Morgan fingerprint density at radius 1 is 1.14 bits per heavy atom. The summed E-state index contributed by atoms with van der Waals surface area (Å²) in [5, 5.41) is 11.8. The van der Waals surface area contributed by atoms with Gasteiger partial charge >= 0.3 is 0 Å². The lowest BCUT2D eigenvalue weighted by atomic mass is 10.0. The van der Waals surface area contributed by atoms with Crippen LogP contribution in [0.5, 0.6) is 0 Å². The quantitative estimate of drug-likeness (QED) is 0.780. The zero-order chi connectivity index (χ0) is 14.8. The van der Waals surface area contributed by atoms with Gasteiger partial charge in [0, 0.05) is 36.7 Å². The summed E-state index contributed by atoms with van der Waals surface area (Å²) in [6.45, 7) is 3.11. The standard InChI is InChI=1S/C18H20N4/c1-2-4-14(5-3-1)10-17-13-19-8-9-22(17)16-6-7-18-15(11-16)12-20-21-18/h1-7,11-12,17,19H,8-10,13H2,(H,20,21)/t17-/m1/s1. The highest BCUT2D eigenvalue weighted by atomic mass is 15.2. The number of nitrogens with one attached hydrogen (secondary N) is 2. The first-order chi connectivity index (χ1) is 10.9. The van der Waals surface area contributed by atoms with Crippen LogP contribution in [-0.4, -0.2) is 35.9 Å². The molecule has 1 aliphatic heterocycles. The summed E-state index contributed by atoms with van der Waals surface area (Å²) in [6, 6.07) is 17.8. The lowest BCUT2D eigenvalue weighted by molar-refractivity contribution is 0.474. The summed E-state index contributed by atoms with van der Waals surface area (Å²) in [4.78, 5) is 2.52. The summed E-state index contributed by atoms with van der Waals surface area (Å²) in [5.74, 6) is 0. The molecule has 0 radical (unpaired) electrons. The molecule has 0 spiro atoms. The van der Waals surface area contributed by atoms with Crippen LogP contribution in [0.25, 0.3) is 10.9 Å². The van der Waals surface area contributed by atoms with Gasteiger partial charge in [-0.15, -0.1) is 0 Å². The second-order valence-corrected chi connectivity index (χ2v) is 5.88. The zero-order valence-corrected chi connectivity index (χ0v) is 12.5. The molecule has 1 saturated heterocycles. The molecule has 4 heteroatoms. The van der Waals surface area contributed by atoms with Gasteiger partial charge in [0.05, 0.1) is 11.7 Å². The molecule has 1 fully saturated rings. The van der Waals surface area contributed by atoms with Crippen molar-refractivity contribution in [2.24, 2.45) is 0 Å². The van der Waals surface area contributed by atoms with Crippen LogP contribution in [0.4, 0.5) is 5.69 Å². The maximum atomic E-state index is 4.12. The average molecular weight is 292 g/mol. The van der Waals surface area contributed by atoms with Crippen molar-refractivity contribution in [3.8, 4) is 0 Å². The Morgan fingerprint density at radius 3 is 2.95 bits per heavy atom. The van der Waals surface area contributed by atoms with Crippen molar-refractivity contribution in [2.75, 3.05) is 24.5 Å². The largest absolute Gasteiger partial charge is 0.366 e. The van der Waals surface area contributed by atoms with Gasteiger partial charge in [-0.25, -0.2) is 0 Å². The van der Waals surface area contributed by atoms with E-state index in [4.69, 9.17) is 0 Å². The Hall–Kier alpha value is -2.33. The lowest BCUT2D eigenvalue weighted by Crippen LogP contribution is -2.52. The van der Waals surface area contributed by atoms with Gasteiger partial charge < -0.3 is 10.2 Å². The fraction of sp³-hybridized carbons (Fsp3) is 0.278. The highest BCUT2D eigenvalue weighted by molar-refractivity contribution is 5.82.